The summed E-state index contributed by atoms with van der Waals surface area (Å²) in [6.07, 6.45) is 24.9. The maximum Gasteiger partial charge on any atom is 0.336 e. The second kappa shape index (κ2) is 27.9. The third kappa shape index (κ3) is 15.8. The Bertz CT molecular complexity index is 1490. The molecular weight excluding hydrogens is 691 g/mol. The fourth-order valence-corrected chi connectivity index (χ4v) is 7.74. The van der Waals surface area contributed by atoms with Crippen LogP contribution in [0.2, 0.25) is 0 Å². The number of aromatic carboxylic acids is 2. The SMILES string of the molecule is CCCCCCCCNC(=O)c1c(CCCCCCCC)c(N)c(C(=O)NCCCCCCCC)c2c(C(=O)O)c(CCCCCCCC)cc(C(=O)O)c12. The fraction of sp³-hybridized carbons (Fsp3) is 0.696. The highest BCUT2D eigenvalue weighted by molar-refractivity contribution is 6.26. The molecule has 0 spiro atoms. The lowest BCUT2D eigenvalue weighted by Gasteiger charge is -2.24. The lowest BCUT2D eigenvalue weighted by atomic mass is 9.82. The van der Waals surface area contributed by atoms with E-state index in [2.05, 4.69) is 38.3 Å². The first-order chi connectivity index (χ1) is 26.7. The molecule has 0 aliphatic heterocycles. The van der Waals surface area contributed by atoms with Crippen LogP contribution < -0.4 is 16.4 Å². The van der Waals surface area contributed by atoms with Gasteiger partial charge in [-0.2, -0.15) is 0 Å². The molecular formula is C46H75N3O6. The van der Waals surface area contributed by atoms with Crippen LogP contribution >= 0.6 is 0 Å². The summed E-state index contributed by atoms with van der Waals surface area (Å²) >= 11 is 0. The molecule has 0 aliphatic carbocycles. The second-order valence-corrected chi connectivity index (χ2v) is 15.5. The highest BCUT2D eigenvalue weighted by Crippen LogP contribution is 2.40. The van der Waals surface area contributed by atoms with E-state index >= 15 is 0 Å². The van der Waals surface area contributed by atoms with Crippen LogP contribution in [0.5, 0.6) is 0 Å². The summed E-state index contributed by atoms with van der Waals surface area (Å²) in [6.45, 7) is 9.42. The molecule has 0 fully saturated rings. The van der Waals surface area contributed by atoms with Crippen molar-refractivity contribution >= 4 is 40.2 Å². The average Bonchev–Trinajstić information content (AvgIpc) is 3.16. The third-order valence-corrected chi connectivity index (χ3v) is 10.9. The van der Waals surface area contributed by atoms with Crippen molar-refractivity contribution < 1.29 is 29.4 Å². The fourth-order valence-electron chi connectivity index (χ4n) is 7.74. The standard InChI is InChI=1S/C46H75N3O6/c1-5-9-13-17-21-25-29-34-33-36(45(52)53)38-39(43(50)48-31-27-23-19-15-11-7-3)35(30-26-22-18-14-10-6-2)42(47)41(40(38)37(34)46(54)55)44(51)49-32-28-24-20-16-12-8-4/h33H,5-32,47H2,1-4H3,(H,48,50)(H,49,51)(H,52,53)(H,54,55). The van der Waals surface area contributed by atoms with Gasteiger partial charge in [0.1, 0.15) is 0 Å². The molecule has 55 heavy (non-hydrogen) atoms. The number of unbranched alkanes of at least 4 members (excludes halogenated alkanes) is 20. The summed E-state index contributed by atoms with van der Waals surface area (Å²) in [5.74, 6) is -3.55. The topological polar surface area (TPSA) is 159 Å². The average molecular weight is 766 g/mol. The minimum Gasteiger partial charge on any atom is -0.478 e. The number of carbonyl (C=O) groups is 4. The lowest BCUT2D eigenvalue weighted by molar-refractivity contribution is 0.0683. The molecule has 2 aromatic carbocycles. The maximum atomic E-state index is 14.4. The molecule has 9 nitrogen and oxygen atoms in total. The number of nitrogens with one attached hydrogen (secondary N) is 2. The van der Waals surface area contributed by atoms with Gasteiger partial charge in [-0.05, 0) is 55.7 Å². The number of carboxylic acids is 2. The predicted octanol–water partition coefficient (Wildman–Crippen LogP) is 11.8. The predicted molar refractivity (Wildman–Crippen MR) is 228 cm³/mol. The summed E-state index contributed by atoms with van der Waals surface area (Å²) in [4.78, 5) is 55.2. The van der Waals surface area contributed by atoms with Crippen molar-refractivity contribution in [3.05, 3.63) is 39.4 Å². The number of carbonyl (C=O) groups excluding carboxylic acids is 2. The molecule has 0 unspecified atom stereocenters. The van der Waals surface area contributed by atoms with Crippen LogP contribution in [0.15, 0.2) is 6.07 Å². The van der Waals surface area contributed by atoms with Crippen LogP contribution in [0.4, 0.5) is 5.69 Å². The highest BCUT2D eigenvalue weighted by atomic mass is 16.4. The largest absolute Gasteiger partial charge is 0.478 e. The van der Waals surface area contributed by atoms with Crippen LogP contribution in [0, 0.1) is 0 Å². The van der Waals surface area contributed by atoms with Crippen molar-refractivity contribution in [2.24, 2.45) is 0 Å². The van der Waals surface area contributed by atoms with Gasteiger partial charge in [0.05, 0.1) is 22.3 Å². The number of nitrogens with two attached hydrogens (primary N) is 1. The lowest BCUT2D eigenvalue weighted by Crippen LogP contribution is -2.30. The summed E-state index contributed by atoms with van der Waals surface area (Å²) in [6, 6.07) is 1.44. The number of anilines is 1. The Hall–Kier alpha value is -3.62. The van der Waals surface area contributed by atoms with Crippen molar-refractivity contribution in [1.82, 2.24) is 10.6 Å². The number of carboxylic acid groups (broad SMARTS) is 2. The van der Waals surface area contributed by atoms with Crippen molar-refractivity contribution in [3.8, 4) is 0 Å². The van der Waals surface area contributed by atoms with Crippen LogP contribution in [-0.2, 0) is 12.8 Å². The van der Waals surface area contributed by atoms with Crippen LogP contribution in [0.1, 0.15) is 234 Å². The maximum absolute atomic E-state index is 14.4. The number of nitrogen functional groups attached to an aromatic ring is 1. The van der Waals surface area contributed by atoms with Gasteiger partial charge in [-0.15, -0.1) is 0 Å². The second-order valence-electron chi connectivity index (χ2n) is 15.5. The Balaban J connectivity index is 2.81. The van der Waals surface area contributed by atoms with E-state index in [0.717, 1.165) is 128 Å². The van der Waals surface area contributed by atoms with E-state index in [1.54, 1.807) is 0 Å². The van der Waals surface area contributed by atoms with Gasteiger partial charge in [0.25, 0.3) is 11.8 Å². The van der Waals surface area contributed by atoms with Crippen molar-refractivity contribution in [3.63, 3.8) is 0 Å². The van der Waals surface area contributed by atoms with Crippen LogP contribution in [-0.4, -0.2) is 47.1 Å². The van der Waals surface area contributed by atoms with Gasteiger partial charge in [0.15, 0.2) is 0 Å². The molecule has 0 aliphatic rings. The first-order valence-electron chi connectivity index (χ1n) is 22.1. The van der Waals surface area contributed by atoms with E-state index in [4.69, 9.17) is 5.73 Å². The number of amides is 2. The normalized spacial score (nSPS) is 11.3. The minimum atomic E-state index is -1.27. The monoisotopic (exact) mass is 766 g/mol. The number of rotatable bonds is 32. The first kappa shape index (κ1) is 47.5. The van der Waals surface area contributed by atoms with E-state index in [1.807, 2.05) is 0 Å². The molecule has 0 atom stereocenters. The van der Waals surface area contributed by atoms with Crippen molar-refractivity contribution in [2.45, 2.75) is 195 Å². The molecule has 0 saturated carbocycles. The Morgan fingerprint density at radius 1 is 0.491 bits per heavy atom. The van der Waals surface area contributed by atoms with Gasteiger partial charge >= 0.3 is 11.9 Å². The number of aryl methyl sites for hydroxylation is 1. The molecule has 6 N–H and O–H groups in total. The van der Waals surface area contributed by atoms with E-state index in [1.165, 1.54) is 18.9 Å². The smallest absolute Gasteiger partial charge is 0.336 e. The van der Waals surface area contributed by atoms with E-state index in [9.17, 15) is 29.4 Å². The van der Waals surface area contributed by atoms with Gasteiger partial charge in [0, 0.05) is 29.5 Å². The molecule has 2 amide bonds. The number of hydrogen-bond acceptors (Lipinski definition) is 5. The Morgan fingerprint density at radius 3 is 1.33 bits per heavy atom. The zero-order valence-corrected chi connectivity index (χ0v) is 35.0. The van der Waals surface area contributed by atoms with Gasteiger partial charge in [0.2, 0.25) is 0 Å². The zero-order valence-electron chi connectivity index (χ0n) is 35.0. The van der Waals surface area contributed by atoms with Gasteiger partial charge in [-0.25, -0.2) is 9.59 Å². The molecule has 0 bridgehead atoms. The minimum absolute atomic E-state index is 0.00283. The Kier molecular flexibility index (Phi) is 24.1. The summed E-state index contributed by atoms with van der Waals surface area (Å²) in [5.41, 5.74) is 7.59. The van der Waals surface area contributed by atoms with Crippen LogP contribution in [0.3, 0.4) is 0 Å². The molecule has 0 aromatic heterocycles. The van der Waals surface area contributed by atoms with Crippen molar-refractivity contribution in [1.29, 1.82) is 0 Å². The van der Waals surface area contributed by atoms with E-state index in [0.29, 0.717) is 49.9 Å². The van der Waals surface area contributed by atoms with E-state index in [-0.39, 0.29) is 38.7 Å². The van der Waals surface area contributed by atoms with Crippen molar-refractivity contribution in [2.75, 3.05) is 18.8 Å². The highest BCUT2D eigenvalue weighted by Gasteiger charge is 2.33. The van der Waals surface area contributed by atoms with Gasteiger partial charge in [-0.3, -0.25) is 9.59 Å². The van der Waals surface area contributed by atoms with Crippen LogP contribution in [0.25, 0.3) is 10.8 Å². The molecule has 0 heterocycles. The first-order valence-corrected chi connectivity index (χ1v) is 22.1. The molecule has 0 saturated heterocycles. The number of hydrogen-bond donors (Lipinski definition) is 5. The number of fused-ring (bicyclic) bond motifs is 1. The summed E-state index contributed by atoms with van der Waals surface area (Å²) in [5, 5.41) is 27.6. The molecule has 2 aromatic rings. The Labute approximate surface area is 332 Å². The third-order valence-electron chi connectivity index (χ3n) is 10.9. The number of benzene rings is 2. The van der Waals surface area contributed by atoms with E-state index < -0.39 is 23.8 Å². The molecule has 9 heteroatoms. The quantitative estimate of drug-likeness (QED) is 0.0366. The zero-order chi connectivity index (χ0) is 40.4. The Morgan fingerprint density at radius 2 is 0.891 bits per heavy atom. The summed E-state index contributed by atoms with van der Waals surface area (Å²) in [7, 11) is 0. The molecule has 2 rings (SSSR count). The molecule has 310 valence electrons. The summed E-state index contributed by atoms with van der Waals surface area (Å²) < 4.78 is 0. The van der Waals surface area contributed by atoms with Gasteiger partial charge < -0.3 is 26.6 Å². The molecule has 0 radical (unpaired) electrons. The van der Waals surface area contributed by atoms with Gasteiger partial charge in [-0.1, -0.05) is 156 Å².